The predicted molar refractivity (Wildman–Crippen MR) is 111 cm³/mol. The van der Waals surface area contributed by atoms with E-state index >= 15 is 0 Å². The number of fused-ring (bicyclic) bond motifs is 1. The molecule has 0 spiro atoms. The van der Waals surface area contributed by atoms with Gasteiger partial charge in [-0.2, -0.15) is 0 Å². The van der Waals surface area contributed by atoms with E-state index in [1.807, 2.05) is 0 Å². The van der Waals surface area contributed by atoms with Gasteiger partial charge >= 0.3 is 12.3 Å². The Morgan fingerprint density at radius 2 is 1.67 bits per heavy atom. The lowest BCUT2D eigenvalue weighted by molar-refractivity contribution is -0.274. The van der Waals surface area contributed by atoms with Gasteiger partial charge in [0.2, 0.25) is 0 Å². The molecular formula is C23H21F4NO5. The molecule has 0 saturated heterocycles. The van der Waals surface area contributed by atoms with E-state index in [0.717, 1.165) is 41.0 Å². The average Bonchev–Trinajstić information content (AvgIpc) is 2.97. The Balaban J connectivity index is 2.26. The van der Waals surface area contributed by atoms with Crippen LogP contribution in [0.1, 0.15) is 42.4 Å². The first-order valence-electron chi connectivity index (χ1n) is 9.86. The van der Waals surface area contributed by atoms with Crippen molar-refractivity contribution in [1.29, 1.82) is 0 Å². The molecule has 0 aliphatic heterocycles. The lowest BCUT2D eigenvalue weighted by Gasteiger charge is -2.30. The highest BCUT2D eigenvalue weighted by atomic mass is 19.4. The summed E-state index contributed by atoms with van der Waals surface area (Å²) in [5.41, 5.74) is -1.09. The molecule has 2 N–H and O–H groups in total. The van der Waals surface area contributed by atoms with Crippen LogP contribution in [0.5, 0.6) is 11.5 Å². The number of alkyl halides is 3. The zero-order valence-corrected chi connectivity index (χ0v) is 18.1. The summed E-state index contributed by atoms with van der Waals surface area (Å²) < 4.78 is 56.4. The lowest BCUT2D eigenvalue weighted by Crippen LogP contribution is -2.38. The van der Waals surface area contributed by atoms with Crippen molar-refractivity contribution in [3.8, 4) is 11.5 Å². The molecule has 10 heteroatoms. The smallest absolute Gasteiger partial charge is 0.505 e. The van der Waals surface area contributed by atoms with E-state index in [-0.39, 0.29) is 27.7 Å². The molecule has 1 heterocycles. The summed E-state index contributed by atoms with van der Waals surface area (Å²) in [7, 11) is 0. The molecule has 3 rings (SSSR count). The largest absolute Gasteiger partial charge is 0.573 e. The predicted octanol–water partition coefficient (Wildman–Crippen LogP) is 5.38. The summed E-state index contributed by atoms with van der Waals surface area (Å²) >= 11 is 0. The van der Waals surface area contributed by atoms with Crippen molar-refractivity contribution >= 4 is 22.8 Å². The standard InChI is InChI=1S/C23H21F4NO5/c1-11(2)22(4,21(31)32)19-12(3)28(17-10-16(24)18(29)9-15(17)19)20(30)13-5-7-14(8-6-13)33-23(25,26)27/h5-11,29H,1-4H3,(H,31,32)/t22-/m1/s1. The average molecular weight is 467 g/mol. The first kappa shape index (κ1) is 24.1. The second kappa shape index (κ2) is 8.09. The fourth-order valence-electron chi connectivity index (χ4n) is 3.91. The number of phenolic OH excluding ortho intramolecular Hbond substituents is 1. The van der Waals surface area contributed by atoms with Crippen LogP contribution in [0.3, 0.4) is 0 Å². The molecule has 0 aliphatic rings. The van der Waals surface area contributed by atoms with E-state index in [1.165, 1.54) is 13.8 Å². The Morgan fingerprint density at radius 1 is 1.09 bits per heavy atom. The van der Waals surface area contributed by atoms with E-state index in [9.17, 15) is 37.4 Å². The Morgan fingerprint density at radius 3 is 2.15 bits per heavy atom. The molecule has 1 atom stereocenters. The van der Waals surface area contributed by atoms with Gasteiger partial charge in [-0.3, -0.25) is 14.2 Å². The molecule has 0 saturated carbocycles. The number of carbonyl (C=O) groups is 2. The van der Waals surface area contributed by atoms with Crippen LogP contribution in [-0.4, -0.2) is 33.0 Å². The molecule has 33 heavy (non-hydrogen) atoms. The van der Waals surface area contributed by atoms with Gasteiger partial charge in [0.15, 0.2) is 11.6 Å². The van der Waals surface area contributed by atoms with Crippen LogP contribution in [0, 0.1) is 18.7 Å². The van der Waals surface area contributed by atoms with Crippen molar-refractivity contribution in [2.45, 2.75) is 39.5 Å². The summed E-state index contributed by atoms with van der Waals surface area (Å²) in [5.74, 6) is -4.60. The number of aliphatic carboxylic acids is 1. The molecule has 0 fully saturated rings. The second-order valence-corrected chi connectivity index (χ2v) is 8.16. The lowest BCUT2D eigenvalue weighted by atomic mass is 9.72. The zero-order valence-electron chi connectivity index (χ0n) is 18.1. The van der Waals surface area contributed by atoms with Gasteiger partial charge in [0.05, 0.1) is 10.9 Å². The van der Waals surface area contributed by atoms with Crippen molar-refractivity contribution in [2.75, 3.05) is 0 Å². The van der Waals surface area contributed by atoms with Crippen LogP contribution >= 0.6 is 0 Å². The minimum atomic E-state index is -4.90. The van der Waals surface area contributed by atoms with Crippen LogP contribution < -0.4 is 4.74 Å². The number of phenols is 1. The molecule has 0 aliphatic carbocycles. The van der Waals surface area contributed by atoms with Gasteiger partial charge in [0.1, 0.15) is 5.75 Å². The van der Waals surface area contributed by atoms with Crippen LogP contribution in [0.25, 0.3) is 10.9 Å². The summed E-state index contributed by atoms with van der Waals surface area (Å²) in [6, 6.07) is 6.15. The number of aromatic nitrogens is 1. The molecule has 0 bridgehead atoms. The molecular weight excluding hydrogens is 446 g/mol. The normalized spacial score (nSPS) is 13.8. The summed E-state index contributed by atoms with van der Waals surface area (Å²) in [6.45, 7) is 6.33. The van der Waals surface area contributed by atoms with Gasteiger partial charge in [0, 0.05) is 22.7 Å². The Hall–Kier alpha value is -3.56. The van der Waals surface area contributed by atoms with E-state index in [2.05, 4.69) is 4.74 Å². The van der Waals surface area contributed by atoms with Gasteiger partial charge in [-0.05, 0) is 55.7 Å². The number of ether oxygens (including phenoxy) is 1. The van der Waals surface area contributed by atoms with Crippen molar-refractivity contribution in [3.63, 3.8) is 0 Å². The first-order valence-corrected chi connectivity index (χ1v) is 9.86. The first-order chi connectivity index (χ1) is 15.2. The van der Waals surface area contributed by atoms with Gasteiger partial charge in [-0.1, -0.05) is 13.8 Å². The third-order valence-corrected chi connectivity index (χ3v) is 5.93. The van der Waals surface area contributed by atoms with E-state index in [4.69, 9.17) is 0 Å². The Bertz CT molecular complexity index is 1240. The number of rotatable bonds is 5. The topological polar surface area (TPSA) is 88.8 Å². The van der Waals surface area contributed by atoms with E-state index in [1.54, 1.807) is 13.8 Å². The number of benzene rings is 2. The number of halogens is 4. The molecule has 0 amide bonds. The van der Waals surface area contributed by atoms with Crippen molar-refractivity contribution in [1.82, 2.24) is 4.57 Å². The molecule has 6 nitrogen and oxygen atoms in total. The maximum atomic E-state index is 14.2. The number of carbonyl (C=O) groups excluding carboxylic acids is 1. The number of aromatic hydroxyl groups is 1. The number of carboxylic acid groups (broad SMARTS) is 1. The maximum absolute atomic E-state index is 14.2. The molecule has 176 valence electrons. The minimum absolute atomic E-state index is 0.0199. The fraction of sp³-hybridized carbons (Fsp3) is 0.304. The number of nitrogens with zero attached hydrogens (tertiary/aromatic N) is 1. The Kier molecular flexibility index (Phi) is 5.91. The molecule has 1 aromatic heterocycles. The Labute approximate surface area is 186 Å². The number of hydrogen-bond donors (Lipinski definition) is 2. The number of carboxylic acids is 1. The van der Waals surface area contributed by atoms with Gasteiger partial charge in [0.25, 0.3) is 5.91 Å². The second-order valence-electron chi connectivity index (χ2n) is 8.16. The van der Waals surface area contributed by atoms with E-state index < -0.39 is 46.9 Å². The van der Waals surface area contributed by atoms with Crippen molar-refractivity contribution in [2.24, 2.45) is 5.92 Å². The van der Waals surface area contributed by atoms with Gasteiger partial charge < -0.3 is 14.9 Å². The summed E-state index contributed by atoms with van der Waals surface area (Å²) in [6.07, 6.45) is -4.90. The van der Waals surface area contributed by atoms with Gasteiger partial charge in [-0.15, -0.1) is 13.2 Å². The van der Waals surface area contributed by atoms with Crippen molar-refractivity contribution < 1.29 is 42.1 Å². The minimum Gasteiger partial charge on any atom is -0.505 e. The van der Waals surface area contributed by atoms with Gasteiger partial charge in [-0.25, -0.2) is 4.39 Å². The highest BCUT2D eigenvalue weighted by Gasteiger charge is 2.43. The maximum Gasteiger partial charge on any atom is 0.573 e. The highest BCUT2D eigenvalue weighted by Crippen LogP contribution is 2.42. The van der Waals surface area contributed by atoms with E-state index in [0.29, 0.717) is 0 Å². The van der Waals surface area contributed by atoms with Crippen LogP contribution in [0.4, 0.5) is 17.6 Å². The third kappa shape index (κ3) is 4.12. The fourth-order valence-corrected chi connectivity index (χ4v) is 3.91. The number of hydrogen-bond acceptors (Lipinski definition) is 4. The summed E-state index contributed by atoms with van der Waals surface area (Å²) in [4.78, 5) is 25.6. The van der Waals surface area contributed by atoms with Crippen molar-refractivity contribution in [3.05, 3.63) is 59.0 Å². The highest BCUT2D eigenvalue weighted by molar-refractivity contribution is 6.06. The monoisotopic (exact) mass is 467 g/mol. The van der Waals surface area contributed by atoms with Crippen LogP contribution in [0.2, 0.25) is 0 Å². The quantitative estimate of drug-likeness (QED) is 0.492. The van der Waals surface area contributed by atoms with Crippen LogP contribution in [0.15, 0.2) is 36.4 Å². The SMILES string of the molecule is Cc1c([C@](C)(C(=O)O)C(C)C)c2cc(O)c(F)cc2n1C(=O)c1ccc(OC(F)(F)F)cc1. The molecule has 0 unspecified atom stereocenters. The molecule has 0 radical (unpaired) electrons. The molecule has 3 aromatic rings. The summed E-state index contributed by atoms with van der Waals surface area (Å²) in [5, 5.41) is 20.1. The molecule has 2 aromatic carbocycles. The third-order valence-electron chi connectivity index (χ3n) is 5.93. The zero-order chi connectivity index (χ0) is 24.9. The van der Waals surface area contributed by atoms with Crippen LogP contribution in [-0.2, 0) is 10.2 Å².